The number of pyridine rings is 1. The maximum Gasteiger partial charge on any atom is 0.209 e. The summed E-state index contributed by atoms with van der Waals surface area (Å²) in [6, 6.07) is 3.48. The maximum absolute atomic E-state index is 9.28. The Kier molecular flexibility index (Phi) is 12.6. The quantitative estimate of drug-likeness (QED) is 0.155. The van der Waals surface area contributed by atoms with E-state index in [1.54, 1.807) is 24.5 Å². The van der Waals surface area contributed by atoms with Crippen molar-refractivity contribution < 1.29 is 9.47 Å². The highest BCUT2D eigenvalue weighted by Gasteiger charge is 2.13. The lowest BCUT2D eigenvalue weighted by Crippen LogP contribution is -2.33. The van der Waals surface area contributed by atoms with Crippen LogP contribution in [-0.4, -0.2) is 37.0 Å². The van der Waals surface area contributed by atoms with Gasteiger partial charge in [0.15, 0.2) is 12.5 Å². The molecule has 2 N–H and O–H groups in total. The third kappa shape index (κ3) is 10.0. The lowest BCUT2D eigenvalue weighted by molar-refractivity contribution is -0.162. The van der Waals surface area contributed by atoms with E-state index in [0.717, 1.165) is 38.9 Å². The standard InChI is InChI=1S/C23H37N5O2/c24-20-28(21-13-16-26-17-14-21)23(25)27-15-9-6-4-2-1-3-5-7-10-18-29-22-12-8-11-19-30-22/h13-14,16-17,22H,1-12,15,18-19H2,(H2,25,27). The van der Waals surface area contributed by atoms with E-state index >= 15 is 0 Å². The molecule has 1 aromatic heterocycles. The van der Waals surface area contributed by atoms with E-state index in [9.17, 15) is 5.26 Å². The Balaban J connectivity index is 1.40. The number of hydrogen-bond donors (Lipinski definition) is 1. The fourth-order valence-electron chi connectivity index (χ4n) is 3.51. The van der Waals surface area contributed by atoms with Gasteiger partial charge in [-0.1, -0.05) is 44.9 Å². The van der Waals surface area contributed by atoms with E-state index in [1.165, 1.54) is 56.3 Å². The lowest BCUT2D eigenvalue weighted by Gasteiger charge is -2.22. The van der Waals surface area contributed by atoms with Crippen molar-refractivity contribution in [3.8, 4) is 6.19 Å². The molecule has 0 aromatic carbocycles. The number of unbranched alkanes of at least 4 members (excludes halogenated alkanes) is 8. The molecule has 1 aliphatic rings. The first-order valence-corrected chi connectivity index (χ1v) is 11.4. The first-order chi connectivity index (χ1) is 14.8. The van der Waals surface area contributed by atoms with Gasteiger partial charge in [0.1, 0.15) is 0 Å². The van der Waals surface area contributed by atoms with Gasteiger partial charge in [0, 0.05) is 32.2 Å². The molecule has 1 unspecified atom stereocenters. The Bertz CT molecular complexity index is 626. The highest BCUT2D eigenvalue weighted by Crippen LogP contribution is 2.15. The zero-order valence-corrected chi connectivity index (χ0v) is 18.2. The van der Waals surface area contributed by atoms with Crippen molar-refractivity contribution in [1.82, 2.24) is 4.98 Å². The first-order valence-electron chi connectivity index (χ1n) is 11.4. The third-order valence-corrected chi connectivity index (χ3v) is 5.27. The molecule has 166 valence electrons. The fourth-order valence-corrected chi connectivity index (χ4v) is 3.51. The molecule has 0 spiro atoms. The van der Waals surface area contributed by atoms with Gasteiger partial charge >= 0.3 is 0 Å². The van der Waals surface area contributed by atoms with Gasteiger partial charge in [-0.15, -0.1) is 0 Å². The number of nitrogens with two attached hydrogens (primary N) is 1. The van der Waals surface area contributed by atoms with Crippen LogP contribution in [0.4, 0.5) is 5.69 Å². The minimum absolute atomic E-state index is 0.0528. The number of aromatic nitrogens is 1. The van der Waals surface area contributed by atoms with E-state index in [-0.39, 0.29) is 12.2 Å². The molecule has 1 saturated heterocycles. The summed E-state index contributed by atoms with van der Waals surface area (Å²) >= 11 is 0. The van der Waals surface area contributed by atoms with Crippen LogP contribution in [0.2, 0.25) is 0 Å². The highest BCUT2D eigenvalue weighted by atomic mass is 16.7. The van der Waals surface area contributed by atoms with Gasteiger partial charge in [-0.2, -0.15) is 5.26 Å². The topological polar surface area (TPSA) is 96.8 Å². The summed E-state index contributed by atoms with van der Waals surface area (Å²) in [5, 5.41) is 9.28. The van der Waals surface area contributed by atoms with E-state index < -0.39 is 0 Å². The van der Waals surface area contributed by atoms with Crippen LogP contribution in [0.25, 0.3) is 0 Å². The molecular weight excluding hydrogens is 378 g/mol. The minimum atomic E-state index is 0.0528. The largest absolute Gasteiger partial charge is 0.369 e. The Hall–Kier alpha value is -2.17. The van der Waals surface area contributed by atoms with Gasteiger partial charge in [0.05, 0.1) is 5.69 Å². The predicted octanol–water partition coefficient (Wildman–Crippen LogP) is 4.74. The second-order valence-electron chi connectivity index (χ2n) is 7.73. The number of anilines is 1. The van der Waals surface area contributed by atoms with Crippen molar-refractivity contribution in [2.75, 3.05) is 24.7 Å². The Morgan fingerprint density at radius 3 is 2.40 bits per heavy atom. The number of guanidine groups is 1. The second kappa shape index (κ2) is 15.6. The van der Waals surface area contributed by atoms with Crippen molar-refractivity contribution in [3.05, 3.63) is 24.5 Å². The van der Waals surface area contributed by atoms with Crippen LogP contribution in [0.3, 0.4) is 0 Å². The molecule has 0 amide bonds. The fraction of sp³-hybridized carbons (Fsp3) is 0.696. The number of nitriles is 1. The van der Waals surface area contributed by atoms with Gasteiger partial charge in [-0.05, 0) is 44.2 Å². The van der Waals surface area contributed by atoms with Crippen molar-refractivity contribution in [3.63, 3.8) is 0 Å². The third-order valence-electron chi connectivity index (χ3n) is 5.27. The molecule has 0 aliphatic carbocycles. The maximum atomic E-state index is 9.28. The van der Waals surface area contributed by atoms with Gasteiger partial charge in [0.2, 0.25) is 5.96 Å². The normalized spacial score (nSPS) is 16.9. The molecule has 1 atom stereocenters. The number of rotatable bonds is 14. The molecule has 0 bridgehead atoms. The SMILES string of the molecule is N#CN(C(N)=NCCCCCCCCCCCOC1CCCCO1)c1ccncc1. The summed E-state index contributed by atoms with van der Waals surface area (Å²) in [6.45, 7) is 2.34. The molecular formula is C23H37N5O2. The highest BCUT2D eigenvalue weighted by molar-refractivity contribution is 5.97. The van der Waals surface area contributed by atoms with Crippen LogP contribution in [0, 0.1) is 11.5 Å². The number of nitrogens with zero attached hydrogens (tertiary/aromatic N) is 4. The minimum Gasteiger partial charge on any atom is -0.369 e. The van der Waals surface area contributed by atoms with Gasteiger partial charge < -0.3 is 15.2 Å². The predicted molar refractivity (Wildman–Crippen MR) is 120 cm³/mol. The number of aliphatic imine (C=N–C) groups is 1. The van der Waals surface area contributed by atoms with E-state index in [4.69, 9.17) is 15.2 Å². The first kappa shape index (κ1) is 24.1. The molecule has 2 rings (SSSR count). The van der Waals surface area contributed by atoms with E-state index in [0.29, 0.717) is 12.2 Å². The van der Waals surface area contributed by atoms with Crippen LogP contribution >= 0.6 is 0 Å². The Labute approximate surface area is 181 Å². The zero-order valence-electron chi connectivity index (χ0n) is 18.2. The Morgan fingerprint density at radius 2 is 1.77 bits per heavy atom. The van der Waals surface area contributed by atoms with Crippen molar-refractivity contribution >= 4 is 11.6 Å². The van der Waals surface area contributed by atoms with Crippen LogP contribution in [0.5, 0.6) is 0 Å². The average Bonchev–Trinajstić information content (AvgIpc) is 2.79. The van der Waals surface area contributed by atoms with Crippen LogP contribution in [0.15, 0.2) is 29.5 Å². The molecule has 1 aromatic rings. The summed E-state index contributed by atoms with van der Waals surface area (Å²) in [6.07, 6.45) is 19.7. The number of hydrogen-bond acceptors (Lipinski definition) is 5. The van der Waals surface area contributed by atoms with E-state index in [2.05, 4.69) is 16.2 Å². The molecule has 0 radical (unpaired) electrons. The molecule has 7 nitrogen and oxygen atoms in total. The smallest absolute Gasteiger partial charge is 0.209 e. The van der Waals surface area contributed by atoms with Gasteiger partial charge in [0.25, 0.3) is 0 Å². The Morgan fingerprint density at radius 1 is 1.10 bits per heavy atom. The molecule has 7 heteroatoms. The molecule has 0 saturated carbocycles. The average molecular weight is 416 g/mol. The molecule has 2 heterocycles. The summed E-state index contributed by atoms with van der Waals surface area (Å²) in [4.78, 5) is 9.61. The molecule has 30 heavy (non-hydrogen) atoms. The van der Waals surface area contributed by atoms with Gasteiger partial charge in [-0.25, -0.2) is 4.90 Å². The van der Waals surface area contributed by atoms with Crippen molar-refractivity contribution in [2.45, 2.75) is 83.3 Å². The lowest BCUT2D eigenvalue weighted by atomic mass is 10.1. The summed E-state index contributed by atoms with van der Waals surface area (Å²) in [7, 11) is 0. The monoisotopic (exact) mass is 415 g/mol. The van der Waals surface area contributed by atoms with E-state index in [1.807, 2.05) is 0 Å². The molecule has 1 aliphatic heterocycles. The van der Waals surface area contributed by atoms with Gasteiger partial charge in [-0.3, -0.25) is 9.98 Å². The summed E-state index contributed by atoms with van der Waals surface area (Å²) in [5.74, 6) is 0.239. The van der Waals surface area contributed by atoms with Crippen LogP contribution in [0.1, 0.15) is 77.0 Å². The number of ether oxygens (including phenoxy) is 2. The second-order valence-corrected chi connectivity index (χ2v) is 7.73. The summed E-state index contributed by atoms with van der Waals surface area (Å²) < 4.78 is 11.3. The zero-order chi connectivity index (χ0) is 21.3. The summed E-state index contributed by atoms with van der Waals surface area (Å²) in [5.41, 5.74) is 6.63. The van der Waals surface area contributed by atoms with Crippen molar-refractivity contribution in [1.29, 1.82) is 5.26 Å². The molecule has 1 fully saturated rings. The van der Waals surface area contributed by atoms with Crippen LogP contribution < -0.4 is 10.6 Å². The van der Waals surface area contributed by atoms with Crippen molar-refractivity contribution in [2.24, 2.45) is 10.7 Å². The van der Waals surface area contributed by atoms with Crippen LogP contribution in [-0.2, 0) is 9.47 Å².